The van der Waals surface area contributed by atoms with Crippen molar-refractivity contribution < 1.29 is 17.9 Å². The largest absolute Gasteiger partial charge is 0.484 e. The fourth-order valence-electron chi connectivity index (χ4n) is 3.48. The van der Waals surface area contributed by atoms with Crippen molar-refractivity contribution >= 4 is 21.6 Å². The van der Waals surface area contributed by atoms with Gasteiger partial charge in [0.2, 0.25) is 10.0 Å². The number of ether oxygens (including phenoxy) is 1. The van der Waals surface area contributed by atoms with Crippen molar-refractivity contribution in [3.8, 4) is 11.4 Å². The Labute approximate surface area is 186 Å². The molecule has 0 aliphatic carbocycles. The third kappa shape index (κ3) is 4.94. The van der Waals surface area contributed by atoms with Crippen molar-refractivity contribution in [3.05, 3.63) is 54.4 Å². The molecule has 10 nitrogen and oxygen atoms in total. The summed E-state index contributed by atoms with van der Waals surface area (Å²) in [6.07, 6.45) is 4.22. The smallest absolute Gasteiger partial charge is 0.262 e. The number of anilines is 1. The second-order valence-corrected chi connectivity index (χ2v) is 9.47. The number of carbonyl (C=O) groups excluding carboxylic acids is 1. The zero-order valence-corrected chi connectivity index (χ0v) is 18.5. The monoisotopic (exact) mass is 456 g/mol. The van der Waals surface area contributed by atoms with Crippen LogP contribution in [0.4, 0.5) is 5.69 Å². The fraction of sp³-hybridized carbons (Fsp3) is 0.333. The standard InChI is InChI=1S/C21H24N6O4S/c1-16-8-9-19(32(29,30)26-10-3-2-4-11-26)13-20(16)23-21(28)14-31-18-7-5-6-17(12-18)27-15-22-24-25-27/h5-9,12-13,15H,2-4,10-11,14H2,1H3,(H,23,28). The van der Waals surface area contributed by atoms with Gasteiger partial charge in [-0.05, 0) is 60.0 Å². The van der Waals surface area contributed by atoms with E-state index in [9.17, 15) is 13.2 Å². The maximum absolute atomic E-state index is 12.9. The highest BCUT2D eigenvalue weighted by Crippen LogP contribution is 2.25. The lowest BCUT2D eigenvalue weighted by atomic mass is 10.2. The van der Waals surface area contributed by atoms with Crippen molar-refractivity contribution in [1.82, 2.24) is 24.5 Å². The lowest BCUT2D eigenvalue weighted by Gasteiger charge is -2.26. The highest BCUT2D eigenvalue weighted by molar-refractivity contribution is 7.89. The van der Waals surface area contributed by atoms with Gasteiger partial charge in [-0.15, -0.1) is 5.10 Å². The van der Waals surface area contributed by atoms with E-state index >= 15 is 0 Å². The summed E-state index contributed by atoms with van der Waals surface area (Å²) in [5.74, 6) is 0.0831. The average Bonchev–Trinajstić information content (AvgIpc) is 3.35. The number of nitrogens with zero attached hydrogens (tertiary/aromatic N) is 5. The molecule has 0 radical (unpaired) electrons. The summed E-state index contributed by atoms with van der Waals surface area (Å²) in [5.41, 5.74) is 1.90. The molecule has 1 N–H and O–H groups in total. The first-order valence-corrected chi connectivity index (χ1v) is 11.7. The second-order valence-electron chi connectivity index (χ2n) is 7.53. The van der Waals surface area contributed by atoms with Crippen LogP contribution in [-0.4, -0.2) is 58.5 Å². The molecular formula is C21H24N6O4S. The molecule has 2 heterocycles. The van der Waals surface area contributed by atoms with Crippen molar-refractivity contribution in [1.29, 1.82) is 0 Å². The third-order valence-corrected chi connectivity index (χ3v) is 7.13. The van der Waals surface area contributed by atoms with Gasteiger partial charge in [0.1, 0.15) is 12.1 Å². The van der Waals surface area contributed by atoms with Crippen LogP contribution in [-0.2, 0) is 14.8 Å². The van der Waals surface area contributed by atoms with Gasteiger partial charge in [0.15, 0.2) is 6.61 Å². The maximum Gasteiger partial charge on any atom is 0.262 e. The van der Waals surface area contributed by atoms with E-state index in [1.165, 1.54) is 21.4 Å². The number of rotatable bonds is 7. The molecule has 3 aromatic rings. The van der Waals surface area contributed by atoms with E-state index in [2.05, 4.69) is 20.8 Å². The van der Waals surface area contributed by atoms with E-state index < -0.39 is 15.9 Å². The molecule has 4 rings (SSSR count). The van der Waals surface area contributed by atoms with Crippen LogP contribution < -0.4 is 10.1 Å². The maximum atomic E-state index is 12.9. The van der Waals surface area contributed by atoms with Crippen LogP contribution >= 0.6 is 0 Å². The average molecular weight is 457 g/mol. The van der Waals surface area contributed by atoms with Crippen LogP contribution in [0.5, 0.6) is 5.75 Å². The number of tetrazole rings is 1. The number of aromatic nitrogens is 4. The van der Waals surface area contributed by atoms with E-state index in [0.29, 0.717) is 30.2 Å². The van der Waals surface area contributed by atoms with Crippen LogP contribution in [0, 0.1) is 6.92 Å². The molecule has 0 atom stereocenters. The molecule has 11 heteroatoms. The minimum absolute atomic E-state index is 0.176. The topological polar surface area (TPSA) is 119 Å². The lowest BCUT2D eigenvalue weighted by Crippen LogP contribution is -2.35. The number of hydrogen-bond donors (Lipinski definition) is 1. The number of benzene rings is 2. The first-order chi connectivity index (χ1) is 15.4. The summed E-state index contributed by atoms with van der Waals surface area (Å²) in [6, 6.07) is 11.8. The quantitative estimate of drug-likeness (QED) is 0.578. The van der Waals surface area contributed by atoms with Gasteiger partial charge in [-0.1, -0.05) is 18.6 Å². The normalized spacial score (nSPS) is 14.8. The molecule has 1 saturated heterocycles. The highest BCUT2D eigenvalue weighted by atomic mass is 32.2. The van der Waals surface area contributed by atoms with Gasteiger partial charge < -0.3 is 10.1 Å². The van der Waals surface area contributed by atoms with E-state index in [1.807, 2.05) is 6.92 Å². The number of hydrogen-bond acceptors (Lipinski definition) is 7. The van der Waals surface area contributed by atoms with E-state index in [4.69, 9.17) is 4.74 Å². The molecule has 1 aromatic heterocycles. The predicted molar refractivity (Wildman–Crippen MR) is 117 cm³/mol. The summed E-state index contributed by atoms with van der Waals surface area (Å²) >= 11 is 0. The fourth-order valence-corrected chi connectivity index (χ4v) is 5.02. The van der Waals surface area contributed by atoms with Gasteiger partial charge in [0.05, 0.1) is 10.6 Å². The Bertz CT molecular complexity index is 1190. The minimum Gasteiger partial charge on any atom is -0.484 e. The zero-order chi connectivity index (χ0) is 22.6. The van der Waals surface area contributed by atoms with Crippen molar-refractivity contribution in [2.24, 2.45) is 0 Å². The van der Waals surface area contributed by atoms with E-state index in [-0.39, 0.29) is 11.5 Å². The van der Waals surface area contributed by atoms with Gasteiger partial charge >= 0.3 is 0 Å². The predicted octanol–water partition coefficient (Wildman–Crippen LogP) is 2.16. The molecule has 168 valence electrons. The summed E-state index contributed by atoms with van der Waals surface area (Å²) in [5, 5.41) is 13.8. The molecule has 32 heavy (non-hydrogen) atoms. The molecule has 2 aromatic carbocycles. The molecule has 1 amide bonds. The molecular weight excluding hydrogens is 432 g/mol. The summed E-state index contributed by atoms with van der Waals surface area (Å²) in [4.78, 5) is 12.7. The number of piperidine rings is 1. The van der Waals surface area contributed by atoms with Crippen molar-refractivity contribution in [2.75, 3.05) is 25.0 Å². The minimum atomic E-state index is -3.59. The van der Waals surface area contributed by atoms with Gasteiger partial charge in [-0.3, -0.25) is 4.79 Å². The van der Waals surface area contributed by atoms with Gasteiger partial charge in [0.25, 0.3) is 5.91 Å². The second kappa shape index (κ2) is 9.45. The number of amides is 1. The molecule has 0 spiro atoms. The summed E-state index contributed by atoms with van der Waals surface area (Å²) < 4.78 is 34.5. The van der Waals surface area contributed by atoms with Crippen LogP contribution in [0.1, 0.15) is 24.8 Å². The van der Waals surface area contributed by atoms with Gasteiger partial charge in [0, 0.05) is 24.8 Å². The molecule has 1 fully saturated rings. The van der Waals surface area contributed by atoms with Crippen LogP contribution in [0.15, 0.2) is 53.7 Å². The highest BCUT2D eigenvalue weighted by Gasteiger charge is 2.26. The van der Waals surface area contributed by atoms with Gasteiger partial charge in [-0.2, -0.15) is 4.31 Å². The zero-order valence-electron chi connectivity index (χ0n) is 17.6. The molecule has 0 unspecified atom stereocenters. The Hall–Kier alpha value is -3.31. The van der Waals surface area contributed by atoms with Crippen molar-refractivity contribution in [3.63, 3.8) is 0 Å². The number of carbonyl (C=O) groups is 1. The Morgan fingerprint density at radius 1 is 1.12 bits per heavy atom. The van der Waals surface area contributed by atoms with Crippen molar-refractivity contribution in [2.45, 2.75) is 31.1 Å². The van der Waals surface area contributed by atoms with E-state index in [1.54, 1.807) is 36.4 Å². The molecule has 1 aliphatic rings. The van der Waals surface area contributed by atoms with Crippen LogP contribution in [0.3, 0.4) is 0 Å². The first kappa shape index (κ1) is 21.9. The Kier molecular flexibility index (Phi) is 6.47. The Morgan fingerprint density at radius 3 is 2.69 bits per heavy atom. The van der Waals surface area contributed by atoms with Gasteiger partial charge in [-0.25, -0.2) is 13.1 Å². The summed E-state index contributed by atoms with van der Waals surface area (Å²) in [6.45, 7) is 2.62. The third-order valence-electron chi connectivity index (χ3n) is 5.24. The Balaban J connectivity index is 1.42. The lowest BCUT2D eigenvalue weighted by molar-refractivity contribution is -0.118. The number of aryl methyl sites for hydroxylation is 1. The number of nitrogens with one attached hydrogen (secondary N) is 1. The summed E-state index contributed by atoms with van der Waals surface area (Å²) in [7, 11) is -3.59. The van der Waals surface area contributed by atoms with E-state index in [0.717, 1.165) is 24.8 Å². The first-order valence-electron chi connectivity index (χ1n) is 10.3. The molecule has 1 aliphatic heterocycles. The Morgan fingerprint density at radius 2 is 1.94 bits per heavy atom. The van der Waals surface area contributed by atoms with Crippen LogP contribution in [0.25, 0.3) is 5.69 Å². The SMILES string of the molecule is Cc1ccc(S(=O)(=O)N2CCCCC2)cc1NC(=O)COc1cccc(-n2cnnn2)c1. The number of sulfonamides is 1. The van der Waals surface area contributed by atoms with Crippen LogP contribution in [0.2, 0.25) is 0 Å². The molecule has 0 bridgehead atoms. The molecule has 0 saturated carbocycles.